The van der Waals surface area contributed by atoms with E-state index in [1.165, 1.54) is 29.4 Å². The third-order valence-corrected chi connectivity index (χ3v) is 28.6. The summed E-state index contributed by atoms with van der Waals surface area (Å²) in [6.07, 6.45) is 6.91. The van der Waals surface area contributed by atoms with Gasteiger partial charge in [-0.2, -0.15) is 9.97 Å². The summed E-state index contributed by atoms with van der Waals surface area (Å²) >= 11 is 23.8. The predicted octanol–water partition coefficient (Wildman–Crippen LogP) is 14.6. The quantitative estimate of drug-likeness (QED) is 0.0632. The number of ether oxygens (including phenoxy) is 5. The van der Waals surface area contributed by atoms with Crippen LogP contribution in [0.25, 0.3) is 0 Å². The molecule has 692 valence electrons. The number of carbonyl (C=O) groups excluding carboxylic acids is 5. The number of aryl methyl sites for hydroxylation is 2. The molecule has 12 aliphatic heterocycles. The van der Waals surface area contributed by atoms with Crippen LogP contribution in [0, 0.1) is 13.8 Å². The van der Waals surface area contributed by atoms with E-state index >= 15 is 0 Å². The van der Waals surface area contributed by atoms with Gasteiger partial charge in [-0.1, -0.05) is 136 Å². The molecule has 0 saturated carbocycles. The van der Waals surface area contributed by atoms with Crippen LogP contribution in [0.1, 0.15) is 162 Å². The third-order valence-electron chi connectivity index (χ3n) is 25.8. The molecule has 0 unspecified atom stereocenters. The Balaban J connectivity index is 0.000000115. The number of fused-ring (bicyclic) bond motifs is 14. The maximum atomic E-state index is 13.8. The van der Waals surface area contributed by atoms with Crippen LogP contribution < -0.4 is 39.7 Å². The first-order valence-corrected chi connectivity index (χ1v) is 48.7. The second kappa shape index (κ2) is 38.9. The Hall–Kier alpha value is -11.5. The normalized spacial score (nSPS) is 18.4. The minimum Gasteiger partial charge on any atom is -0.492 e. The van der Waals surface area contributed by atoms with Gasteiger partial charge in [-0.3, -0.25) is 77.5 Å². The van der Waals surface area contributed by atoms with E-state index in [2.05, 4.69) is 156 Å². The van der Waals surface area contributed by atoms with Crippen LogP contribution in [0.4, 0.5) is 35.2 Å². The van der Waals surface area contributed by atoms with Crippen LogP contribution in [0.2, 0.25) is 10.0 Å². The summed E-state index contributed by atoms with van der Waals surface area (Å²) in [5.41, 5.74) is 13.1. The van der Waals surface area contributed by atoms with Crippen LogP contribution in [-0.2, 0) is 66.1 Å². The molecule has 2 fully saturated rings. The van der Waals surface area contributed by atoms with E-state index in [0.29, 0.717) is 171 Å². The Labute approximate surface area is 805 Å². The van der Waals surface area contributed by atoms with Gasteiger partial charge >= 0.3 is 5.97 Å². The van der Waals surface area contributed by atoms with Crippen molar-refractivity contribution in [1.82, 2.24) is 57.8 Å². The summed E-state index contributed by atoms with van der Waals surface area (Å²) in [6.45, 7) is 24.2. The van der Waals surface area contributed by atoms with Gasteiger partial charge in [-0.25, -0.2) is 24.7 Å². The van der Waals surface area contributed by atoms with Crippen molar-refractivity contribution in [3.8, 4) is 11.5 Å². The molecule has 4 amide bonds. The first-order valence-electron chi connectivity index (χ1n) is 45.6. The van der Waals surface area contributed by atoms with Gasteiger partial charge in [0.2, 0.25) is 41.6 Å². The number of nitrogens with zero attached hydrogens (tertiary/aromatic N) is 20. The van der Waals surface area contributed by atoms with E-state index in [1.54, 1.807) is 24.2 Å². The molecule has 32 nitrogen and oxygen atoms in total. The third kappa shape index (κ3) is 17.8. The zero-order valence-electron chi connectivity index (χ0n) is 75.1. The molecule has 2 atom stereocenters. The monoisotopic (exact) mass is 2030 g/mol. The van der Waals surface area contributed by atoms with Gasteiger partial charge in [-0.05, 0) is 192 Å². The number of nitrogens with one attached hydrogen (secondary N) is 2. The number of imidazole rings is 4. The average Bonchev–Trinajstić information content (AvgIpc) is 1.59. The number of methoxy groups -OCH3 is 1. The lowest BCUT2D eigenvalue weighted by Gasteiger charge is -2.33. The molecular formula is C96H103Br3Cl2N22O10. The second-order valence-corrected chi connectivity index (χ2v) is 37.6. The molecule has 0 bridgehead atoms. The van der Waals surface area contributed by atoms with Crippen molar-refractivity contribution in [1.29, 1.82) is 0 Å². The first kappa shape index (κ1) is 90.7. The number of guanidine groups is 4. The topological polar surface area (TPSA) is 302 Å². The molecule has 133 heavy (non-hydrogen) atoms. The highest BCUT2D eigenvalue weighted by molar-refractivity contribution is 9.11. The van der Waals surface area contributed by atoms with Crippen LogP contribution in [0.3, 0.4) is 0 Å². The number of aromatic nitrogens is 8. The number of carbonyl (C=O) groups is 5. The van der Waals surface area contributed by atoms with Crippen molar-refractivity contribution in [3.05, 3.63) is 229 Å². The highest BCUT2D eigenvalue weighted by atomic mass is 79.9. The molecular weight excluding hydrogens is 1930 g/mol. The second-order valence-electron chi connectivity index (χ2n) is 34.4. The van der Waals surface area contributed by atoms with Crippen LogP contribution in [-0.4, -0.2) is 248 Å². The summed E-state index contributed by atoms with van der Waals surface area (Å²) in [5.74, 6) is 7.36. The summed E-state index contributed by atoms with van der Waals surface area (Å²) < 4.78 is 37.7. The first-order chi connectivity index (χ1) is 64.6. The molecule has 0 radical (unpaired) electrons. The van der Waals surface area contributed by atoms with Crippen molar-refractivity contribution < 1.29 is 47.7 Å². The molecule has 2 N–H and O–H groups in total. The van der Waals surface area contributed by atoms with Gasteiger partial charge < -0.3 is 43.5 Å². The van der Waals surface area contributed by atoms with Gasteiger partial charge in [0.25, 0.3) is 23.6 Å². The number of amides is 4. The summed E-state index contributed by atoms with van der Waals surface area (Å²) in [7, 11) is 1.31. The van der Waals surface area contributed by atoms with Crippen LogP contribution in [0.15, 0.2) is 155 Å². The fourth-order valence-electron chi connectivity index (χ4n) is 19.1. The predicted molar refractivity (Wildman–Crippen MR) is 522 cm³/mol. The van der Waals surface area contributed by atoms with Crippen molar-refractivity contribution in [2.24, 2.45) is 20.0 Å². The Bertz CT molecular complexity index is 6180. The number of rotatable bonds is 21. The van der Waals surface area contributed by atoms with E-state index < -0.39 is 5.97 Å². The van der Waals surface area contributed by atoms with E-state index in [1.807, 2.05) is 114 Å². The number of anilines is 6. The van der Waals surface area contributed by atoms with Crippen LogP contribution >= 0.6 is 71.0 Å². The lowest BCUT2D eigenvalue weighted by Crippen LogP contribution is -2.50. The van der Waals surface area contributed by atoms with E-state index in [-0.39, 0.29) is 60.2 Å². The number of halogens is 5. The molecule has 22 rings (SSSR count). The summed E-state index contributed by atoms with van der Waals surface area (Å²) in [6, 6.07) is 41.5. The van der Waals surface area contributed by atoms with Gasteiger partial charge in [0.05, 0.1) is 94.3 Å². The highest BCUT2D eigenvalue weighted by Crippen LogP contribution is 2.43. The molecule has 10 aromatic rings. The maximum absolute atomic E-state index is 13.8. The van der Waals surface area contributed by atoms with E-state index in [0.717, 1.165) is 156 Å². The van der Waals surface area contributed by atoms with Crippen molar-refractivity contribution in [2.45, 2.75) is 143 Å². The number of esters is 1. The average molecular weight is 2040 g/mol. The summed E-state index contributed by atoms with van der Waals surface area (Å²) in [4.78, 5) is 121. The zero-order valence-corrected chi connectivity index (χ0v) is 81.3. The van der Waals surface area contributed by atoms with Gasteiger partial charge in [-0.15, -0.1) is 0 Å². The zero-order chi connectivity index (χ0) is 92.1. The van der Waals surface area contributed by atoms with Crippen LogP contribution in [0.5, 0.6) is 11.5 Å². The lowest BCUT2D eigenvalue weighted by atomic mass is 10.1. The van der Waals surface area contributed by atoms with Gasteiger partial charge in [0.15, 0.2) is 50.8 Å². The molecule has 6 aromatic carbocycles. The molecule has 0 aliphatic carbocycles. The van der Waals surface area contributed by atoms with Crippen molar-refractivity contribution in [3.63, 3.8) is 0 Å². The van der Waals surface area contributed by atoms with E-state index in [4.69, 9.17) is 71.8 Å². The Morgan fingerprint density at radius 3 is 1.37 bits per heavy atom. The standard InChI is InChI=1S/C27H26ClN5O4.C25H23Br2N5O2.C22H27BrN6O2.C22H27ClN6O2/c1-3-31-25(34)21-23(33-15-19(29-27(31)33)12-16-7-5-4-6-8-16)30-24(26(35)36-2)32(21)14-17-11-18-9-10-37-22(18)20(28)13-17;1-2-30-23(33)20-22(32-14-18(28-25(30)32)11-15-6-4-3-5-7-15)29-24(27)31(20)13-16-10-17-8-9-34-21(17)19(26)12-16;2*1-3-27-20(30)18-19(28-9-8-24-22(27)28)26-21(25-16-6-10-31-11-7-16)29(18)13-15-5-4-14(2)17(23)12-15/h4-8,11,13,19H,3,9-10,12,14-15H2,1-2H3;3-7,10,12,18H,2,8-9,11,13-14H2,1H3;2*4-5,12,16H,3,6-11,13H2,1-2H3,(H,25,26)/t19-;18-;;/m11../s1. The Kier molecular flexibility index (Phi) is 26.5. The molecule has 37 heteroatoms. The number of aliphatic imine (C=N–C) groups is 4. The number of benzene rings is 6. The van der Waals surface area contributed by atoms with Gasteiger partial charge in [0.1, 0.15) is 11.5 Å². The Morgan fingerprint density at radius 1 is 0.451 bits per heavy atom. The molecule has 0 spiro atoms. The minimum absolute atomic E-state index is 0.0342. The fourth-order valence-corrected chi connectivity index (χ4v) is 21.2. The Morgan fingerprint density at radius 2 is 0.872 bits per heavy atom. The van der Waals surface area contributed by atoms with Crippen molar-refractivity contribution in [2.75, 3.05) is 142 Å². The van der Waals surface area contributed by atoms with Gasteiger partial charge in [0, 0.05) is 100 Å². The minimum atomic E-state index is -0.612. The highest BCUT2D eigenvalue weighted by Gasteiger charge is 2.49. The number of hydrogen-bond acceptors (Lipinski definition) is 24. The number of hydrogen-bond donors (Lipinski definition) is 2. The van der Waals surface area contributed by atoms with Crippen molar-refractivity contribution >= 4 is 160 Å². The maximum Gasteiger partial charge on any atom is 0.374 e. The molecule has 2 saturated heterocycles. The molecule has 12 aliphatic rings. The smallest absolute Gasteiger partial charge is 0.374 e. The lowest BCUT2D eigenvalue weighted by molar-refractivity contribution is 0.0580. The van der Waals surface area contributed by atoms with E-state index in [9.17, 15) is 24.0 Å². The summed E-state index contributed by atoms with van der Waals surface area (Å²) in [5, 5.41) is 8.43. The fraction of sp³-hybridized carbons (Fsp3) is 0.406. The SMILES string of the molecule is CCN1C(=O)c2c(nc(Br)n2Cc2cc(Br)c3c(c2)CCO3)N2C[C@@H](Cc3ccccc3)N=C12.CCN1C(=O)c2c(nc(C(=O)OC)n2Cc2cc(Cl)c3c(c2)CCO3)N2C[C@@H](Cc3ccccc3)N=C12.CCN1C(=O)c2c(nc(NC3CCOCC3)n2Cc2ccc(C)c(Br)c2)N2CCN=C12.CCN1C(=O)c2c(nc(NC3CCOCC3)n2Cc2ccc(C)c(Cl)c2)N2CCN=C12. The molecule has 16 heterocycles. The molecule has 4 aromatic heterocycles. The largest absolute Gasteiger partial charge is 0.492 e.